The van der Waals surface area contributed by atoms with Gasteiger partial charge < -0.3 is 20.1 Å². The van der Waals surface area contributed by atoms with Gasteiger partial charge in [-0.1, -0.05) is 27.7 Å². The van der Waals surface area contributed by atoms with Crippen LogP contribution >= 0.6 is 0 Å². The number of aliphatic imine (C=N–C) groups is 2. The SMILES string of the molecule is CCOC1(C(C)C)C=NCC(C)(C)NC(=O)C(OCC)(C(C)C)C=NCC(C)(C)NC1=O. The van der Waals surface area contributed by atoms with Crippen LogP contribution in [0.3, 0.4) is 0 Å². The molecule has 0 aliphatic carbocycles. The van der Waals surface area contributed by atoms with Gasteiger partial charge in [0.2, 0.25) is 0 Å². The maximum absolute atomic E-state index is 13.4. The molecule has 0 fully saturated rings. The summed E-state index contributed by atoms with van der Waals surface area (Å²) in [5.41, 5.74) is -3.78. The Bertz CT molecular complexity index is 655. The molecule has 8 nitrogen and oxygen atoms in total. The second kappa shape index (κ2) is 10.9. The van der Waals surface area contributed by atoms with Crippen LogP contribution < -0.4 is 10.6 Å². The van der Waals surface area contributed by atoms with Crippen molar-refractivity contribution in [1.82, 2.24) is 10.6 Å². The summed E-state index contributed by atoms with van der Waals surface area (Å²) in [6.45, 7) is 20.3. The van der Waals surface area contributed by atoms with Crippen LogP contribution in [-0.2, 0) is 19.1 Å². The Kier molecular flexibility index (Phi) is 9.60. The van der Waals surface area contributed by atoms with E-state index in [2.05, 4.69) is 20.6 Å². The van der Waals surface area contributed by atoms with E-state index in [4.69, 9.17) is 9.47 Å². The minimum absolute atomic E-state index is 0.150. The summed E-state index contributed by atoms with van der Waals surface area (Å²) in [5, 5.41) is 6.15. The largest absolute Gasteiger partial charge is 0.359 e. The number of carbonyl (C=O) groups excluding carboxylic acids is 2. The molecule has 32 heavy (non-hydrogen) atoms. The summed E-state index contributed by atoms with van der Waals surface area (Å²) < 4.78 is 12.0. The molecule has 1 aliphatic heterocycles. The molecule has 0 spiro atoms. The third-order valence-electron chi connectivity index (χ3n) is 5.63. The van der Waals surface area contributed by atoms with Gasteiger partial charge in [0.15, 0.2) is 11.2 Å². The molecular formula is C24H44N4O4. The van der Waals surface area contributed by atoms with Crippen LogP contribution in [0.15, 0.2) is 9.98 Å². The van der Waals surface area contributed by atoms with Crippen LogP contribution in [0.5, 0.6) is 0 Å². The molecule has 0 aromatic heterocycles. The summed E-state index contributed by atoms with van der Waals surface area (Å²) in [5.74, 6) is -0.806. The Morgan fingerprint density at radius 1 is 0.781 bits per heavy atom. The molecule has 184 valence electrons. The molecule has 8 heteroatoms. The number of hydrogen-bond acceptors (Lipinski definition) is 6. The van der Waals surface area contributed by atoms with E-state index >= 15 is 0 Å². The van der Waals surface area contributed by atoms with Crippen LogP contribution in [0, 0.1) is 11.8 Å². The Morgan fingerprint density at radius 3 is 1.34 bits per heavy atom. The highest BCUT2D eigenvalue weighted by Crippen LogP contribution is 2.25. The summed E-state index contributed by atoms with van der Waals surface area (Å²) in [6, 6.07) is 0. The number of hydrogen-bond donors (Lipinski definition) is 2. The topological polar surface area (TPSA) is 101 Å². The summed E-state index contributed by atoms with van der Waals surface area (Å²) in [4.78, 5) is 36.0. The average molecular weight is 453 g/mol. The fourth-order valence-electron chi connectivity index (χ4n) is 3.66. The zero-order valence-corrected chi connectivity index (χ0v) is 21.7. The van der Waals surface area contributed by atoms with Gasteiger partial charge in [0.05, 0.1) is 24.2 Å². The van der Waals surface area contributed by atoms with E-state index in [9.17, 15) is 9.59 Å². The Labute approximate surface area is 194 Å². The quantitative estimate of drug-likeness (QED) is 0.647. The second-order valence-electron chi connectivity index (χ2n) is 10.4. The third-order valence-corrected chi connectivity index (χ3v) is 5.63. The van der Waals surface area contributed by atoms with Crippen molar-refractivity contribution in [1.29, 1.82) is 0 Å². The van der Waals surface area contributed by atoms with Crippen LogP contribution in [0.1, 0.15) is 69.2 Å². The molecule has 2 amide bonds. The lowest BCUT2D eigenvalue weighted by molar-refractivity contribution is -0.144. The van der Waals surface area contributed by atoms with E-state index in [0.717, 1.165) is 0 Å². The second-order valence-corrected chi connectivity index (χ2v) is 10.4. The van der Waals surface area contributed by atoms with Gasteiger partial charge in [-0.25, -0.2) is 0 Å². The van der Waals surface area contributed by atoms with Crippen LogP contribution in [-0.4, -0.2) is 72.8 Å². The highest BCUT2D eigenvalue weighted by molar-refractivity contribution is 6.03. The van der Waals surface area contributed by atoms with Crippen molar-refractivity contribution in [2.75, 3.05) is 26.3 Å². The molecule has 1 aliphatic rings. The molecule has 1 heterocycles. The maximum Gasteiger partial charge on any atom is 0.258 e. The van der Waals surface area contributed by atoms with Gasteiger partial charge in [-0.05, 0) is 53.4 Å². The number of carbonyl (C=O) groups is 2. The van der Waals surface area contributed by atoms with Gasteiger partial charge in [0, 0.05) is 25.6 Å². The molecule has 0 saturated carbocycles. The zero-order valence-electron chi connectivity index (χ0n) is 21.7. The van der Waals surface area contributed by atoms with Gasteiger partial charge in [0.25, 0.3) is 11.8 Å². The van der Waals surface area contributed by atoms with Crippen molar-refractivity contribution in [3.8, 4) is 0 Å². The Balaban J connectivity index is 3.55. The number of rotatable bonds is 6. The van der Waals surface area contributed by atoms with Crippen molar-refractivity contribution in [2.24, 2.45) is 21.8 Å². The normalized spacial score (nSPS) is 29.0. The molecule has 1 rings (SSSR count). The highest BCUT2D eigenvalue weighted by atomic mass is 16.5. The molecule has 0 aromatic carbocycles. The van der Waals surface area contributed by atoms with E-state index in [0.29, 0.717) is 13.2 Å². The van der Waals surface area contributed by atoms with E-state index in [1.54, 1.807) is 12.4 Å². The van der Waals surface area contributed by atoms with Crippen molar-refractivity contribution >= 4 is 24.2 Å². The minimum atomic E-state index is -1.22. The van der Waals surface area contributed by atoms with Gasteiger partial charge in [-0.2, -0.15) is 0 Å². The van der Waals surface area contributed by atoms with Crippen molar-refractivity contribution in [3.05, 3.63) is 0 Å². The number of amides is 2. The predicted octanol–water partition coefficient (Wildman–Crippen LogP) is 2.79. The fraction of sp³-hybridized carbons (Fsp3) is 0.833. The summed E-state index contributed by atoms with van der Waals surface area (Å²) in [6.07, 6.45) is 3.18. The summed E-state index contributed by atoms with van der Waals surface area (Å²) >= 11 is 0. The zero-order chi connectivity index (χ0) is 24.8. The van der Waals surface area contributed by atoms with E-state index in [-0.39, 0.29) is 36.7 Å². The first-order chi connectivity index (χ1) is 14.7. The highest BCUT2D eigenvalue weighted by Gasteiger charge is 2.45. The molecule has 2 unspecified atom stereocenters. The van der Waals surface area contributed by atoms with Gasteiger partial charge in [0.1, 0.15) is 0 Å². The monoisotopic (exact) mass is 452 g/mol. The lowest BCUT2D eigenvalue weighted by Gasteiger charge is -2.38. The Hall–Kier alpha value is -1.80. The average Bonchev–Trinajstić information content (AvgIpc) is 2.64. The van der Waals surface area contributed by atoms with Crippen LogP contribution in [0.2, 0.25) is 0 Å². The first-order valence-corrected chi connectivity index (χ1v) is 11.6. The molecule has 0 saturated heterocycles. The minimum Gasteiger partial charge on any atom is -0.359 e. The van der Waals surface area contributed by atoms with E-state index in [1.165, 1.54) is 0 Å². The summed E-state index contributed by atoms with van der Waals surface area (Å²) in [7, 11) is 0. The van der Waals surface area contributed by atoms with Gasteiger partial charge in [-0.3, -0.25) is 19.6 Å². The van der Waals surface area contributed by atoms with Gasteiger partial charge in [-0.15, -0.1) is 0 Å². The van der Waals surface area contributed by atoms with Gasteiger partial charge >= 0.3 is 0 Å². The standard InChI is InChI=1S/C24H44N4O4/c1-11-31-23(17(3)4)15-25-13-22(9,10)28-20(30)24(18(5)6,32-12-2)16-26-14-21(7,8)27-19(23)29/h15-18H,11-14H2,1-10H3,(H,27,29)(H,28,30). The molecule has 0 radical (unpaired) electrons. The lowest BCUT2D eigenvalue weighted by Crippen LogP contribution is -2.61. The number of nitrogens with zero attached hydrogens (tertiary/aromatic N) is 2. The van der Waals surface area contributed by atoms with E-state index in [1.807, 2.05) is 69.2 Å². The van der Waals surface area contributed by atoms with Crippen molar-refractivity contribution in [2.45, 2.75) is 91.5 Å². The molecular weight excluding hydrogens is 408 g/mol. The predicted molar refractivity (Wildman–Crippen MR) is 130 cm³/mol. The fourth-order valence-corrected chi connectivity index (χ4v) is 3.66. The number of ether oxygens (including phenoxy) is 2. The first-order valence-electron chi connectivity index (χ1n) is 11.6. The molecule has 2 N–H and O–H groups in total. The molecule has 2 atom stereocenters. The smallest absolute Gasteiger partial charge is 0.258 e. The van der Waals surface area contributed by atoms with Crippen LogP contribution in [0.25, 0.3) is 0 Å². The van der Waals surface area contributed by atoms with Crippen LogP contribution in [0.4, 0.5) is 0 Å². The maximum atomic E-state index is 13.4. The Morgan fingerprint density at radius 2 is 1.09 bits per heavy atom. The molecule has 0 aromatic rings. The third kappa shape index (κ3) is 6.61. The lowest BCUT2D eigenvalue weighted by atomic mass is 9.87. The van der Waals surface area contributed by atoms with E-state index < -0.39 is 22.3 Å². The molecule has 0 bridgehead atoms. The number of nitrogens with one attached hydrogen (secondary N) is 2. The first kappa shape index (κ1) is 28.2. The van der Waals surface area contributed by atoms with Crippen molar-refractivity contribution < 1.29 is 19.1 Å². The van der Waals surface area contributed by atoms with Crippen molar-refractivity contribution in [3.63, 3.8) is 0 Å².